The Hall–Kier alpha value is -1.88. The lowest BCUT2D eigenvalue weighted by atomic mass is 10.1. The standard InChI is InChI=1S/C21H25ClN2O2/c1-14-4-9-19(22)10-20(14)23-21(25)18-7-5-17(6-8-18)13-24-11-15(2)26-16(3)12-24/h4-10,15-16H,11-13H2,1-3H3,(H,23,25). The molecule has 26 heavy (non-hydrogen) atoms. The lowest BCUT2D eigenvalue weighted by Gasteiger charge is -2.35. The van der Waals surface area contributed by atoms with Crippen LogP contribution in [0.1, 0.15) is 35.3 Å². The minimum Gasteiger partial charge on any atom is -0.373 e. The van der Waals surface area contributed by atoms with E-state index in [0.717, 1.165) is 30.9 Å². The fourth-order valence-corrected chi connectivity index (χ4v) is 3.53. The van der Waals surface area contributed by atoms with Crippen LogP contribution in [0, 0.1) is 6.92 Å². The first-order valence-corrected chi connectivity index (χ1v) is 9.33. The fourth-order valence-electron chi connectivity index (χ4n) is 3.36. The highest BCUT2D eigenvalue weighted by molar-refractivity contribution is 6.31. The maximum absolute atomic E-state index is 12.5. The summed E-state index contributed by atoms with van der Waals surface area (Å²) in [5, 5.41) is 3.54. The van der Waals surface area contributed by atoms with E-state index < -0.39 is 0 Å². The summed E-state index contributed by atoms with van der Waals surface area (Å²) in [5.74, 6) is -0.129. The van der Waals surface area contributed by atoms with Gasteiger partial charge in [-0.15, -0.1) is 0 Å². The van der Waals surface area contributed by atoms with E-state index in [9.17, 15) is 4.79 Å². The van der Waals surface area contributed by atoms with Crippen molar-refractivity contribution >= 4 is 23.2 Å². The molecular weight excluding hydrogens is 348 g/mol. The second-order valence-corrected chi connectivity index (χ2v) is 7.50. The van der Waals surface area contributed by atoms with E-state index in [2.05, 4.69) is 24.1 Å². The van der Waals surface area contributed by atoms with Crippen LogP contribution >= 0.6 is 11.6 Å². The van der Waals surface area contributed by atoms with Crippen molar-refractivity contribution in [3.63, 3.8) is 0 Å². The number of amides is 1. The Kier molecular flexibility index (Phi) is 5.97. The van der Waals surface area contributed by atoms with Gasteiger partial charge in [0.1, 0.15) is 0 Å². The summed E-state index contributed by atoms with van der Waals surface area (Å²) in [4.78, 5) is 14.9. The van der Waals surface area contributed by atoms with Crippen LogP contribution in [-0.4, -0.2) is 36.1 Å². The summed E-state index contributed by atoms with van der Waals surface area (Å²) in [6, 6.07) is 13.3. The summed E-state index contributed by atoms with van der Waals surface area (Å²) >= 11 is 6.02. The third kappa shape index (κ3) is 4.85. The summed E-state index contributed by atoms with van der Waals surface area (Å²) in [5.41, 5.74) is 3.55. The first kappa shape index (κ1) is 18.9. The average molecular weight is 373 g/mol. The molecule has 1 aliphatic rings. The molecule has 1 N–H and O–H groups in total. The third-order valence-electron chi connectivity index (χ3n) is 4.57. The van der Waals surface area contributed by atoms with Gasteiger partial charge >= 0.3 is 0 Å². The molecule has 1 aliphatic heterocycles. The van der Waals surface area contributed by atoms with E-state index in [1.165, 1.54) is 5.56 Å². The van der Waals surface area contributed by atoms with Crippen molar-refractivity contribution in [3.8, 4) is 0 Å². The lowest BCUT2D eigenvalue weighted by molar-refractivity contribution is -0.0704. The number of nitrogens with one attached hydrogen (secondary N) is 1. The number of benzene rings is 2. The van der Waals surface area contributed by atoms with Gasteiger partial charge in [0.25, 0.3) is 5.91 Å². The number of morpholine rings is 1. The van der Waals surface area contributed by atoms with Gasteiger partial charge in [0.15, 0.2) is 0 Å². The van der Waals surface area contributed by atoms with Gasteiger partial charge in [0.05, 0.1) is 12.2 Å². The van der Waals surface area contributed by atoms with Crippen molar-refractivity contribution in [1.82, 2.24) is 4.90 Å². The summed E-state index contributed by atoms with van der Waals surface area (Å²) in [7, 11) is 0. The van der Waals surface area contributed by atoms with E-state index in [1.54, 1.807) is 6.07 Å². The predicted molar refractivity (Wildman–Crippen MR) is 106 cm³/mol. The molecule has 3 rings (SSSR count). The minimum atomic E-state index is -0.129. The number of nitrogens with zero attached hydrogens (tertiary/aromatic N) is 1. The molecule has 2 aromatic carbocycles. The van der Waals surface area contributed by atoms with Crippen molar-refractivity contribution in [2.24, 2.45) is 0 Å². The summed E-state index contributed by atoms with van der Waals surface area (Å²) < 4.78 is 5.78. The van der Waals surface area contributed by atoms with Gasteiger partial charge in [0, 0.05) is 35.9 Å². The fraction of sp³-hybridized carbons (Fsp3) is 0.381. The third-order valence-corrected chi connectivity index (χ3v) is 4.80. The van der Waals surface area contributed by atoms with Gasteiger partial charge < -0.3 is 10.1 Å². The molecule has 0 radical (unpaired) electrons. The first-order valence-electron chi connectivity index (χ1n) is 8.95. The first-order chi connectivity index (χ1) is 12.4. The quantitative estimate of drug-likeness (QED) is 0.858. The smallest absolute Gasteiger partial charge is 0.255 e. The number of carbonyl (C=O) groups is 1. The summed E-state index contributed by atoms with van der Waals surface area (Å²) in [6.45, 7) is 8.88. The number of hydrogen-bond donors (Lipinski definition) is 1. The minimum absolute atomic E-state index is 0.129. The van der Waals surface area contributed by atoms with Crippen LogP contribution in [0.5, 0.6) is 0 Å². The second kappa shape index (κ2) is 8.21. The van der Waals surface area contributed by atoms with Crippen LogP contribution in [0.4, 0.5) is 5.69 Å². The van der Waals surface area contributed by atoms with Crippen LogP contribution < -0.4 is 5.32 Å². The number of rotatable bonds is 4. The van der Waals surface area contributed by atoms with Gasteiger partial charge in [-0.3, -0.25) is 9.69 Å². The van der Waals surface area contributed by atoms with Crippen molar-refractivity contribution in [2.75, 3.05) is 18.4 Å². The molecule has 0 spiro atoms. The van der Waals surface area contributed by atoms with Gasteiger partial charge in [-0.25, -0.2) is 0 Å². The molecule has 0 aromatic heterocycles. The van der Waals surface area contributed by atoms with Crippen LogP contribution in [0.2, 0.25) is 5.02 Å². The number of anilines is 1. The number of aryl methyl sites for hydroxylation is 1. The maximum atomic E-state index is 12.5. The van der Waals surface area contributed by atoms with E-state index in [0.29, 0.717) is 10.6 Å². The van der Waals surface area contributed by atoms with Gasteiger partial charge in [-0.05, 0) is 56.2 Å². The highest BCUT2D eigenvalue weighted by Gasteiger charge is 2.22. The largest absolute Gasteiger partial charge is 0.373 e. The topological polar surface area (TPSA) is 41.6 Å². The monoisotopic (exact) mass is 372 g/mol. The Morgan fingerprint density at radius 2 is 1.81 bits per heavy atom. The average Bonchev–Trinajstić information content (AvgIpc) is 2.58. The molecule has 0 aliphatic carbocycles. The molecule has 2 aromatic rings. The number of halogens is 1. The molecule has 4 nitrogen and oxygen atoms in total. The molecule has 1 fully saturated rings. The number of ether oxygens (including phenoxy) is 1. The highest BCUT2D eigenvalue weighted by atomic mass is 35.5. The molecule has 0 bridgehead atoms. The van der Waals surface area contributed by atoms with Crippen LogP contribution in [0.15, 0.2) is 42.5 Å². The Labute approximate surface area is 160 Å². The molecule has 1 amide bonds. The molecule has 1 saturated heterocycles. The zero-order valence-corrected chi connectivity index (χ0v) is 16.2. The van der Waals surface area contributed by atoms with E-state index in [1.807, 2.05) is 43.3 Å². The molecule has 0 saturated carbocycles. The van der Waals surface area contributed by atoms with E-state index in [-0.39, 0.29) is 18.1 Å². The highest BCUT2D eigenvalue weighted by Crippen LogP contribution is 2.21. The van der Waals surface area contributed by atoms with Crippen LogP contribution in [-0.2, 0) is 11.3 Å². The van der Waals surface area contributed by atoms with Gasteiger partial charge in [0.2, 0.25) is 0 Å². The van der Waals surface area contributed by atoms with Crippen molar-refractivity contribution in [2.45, 2.75) is 39.5 Å². The van der Waals surface area contributed by atoms with Crippen molar-refractivity contribution in [3.05, 3.63) is 64.2 Å². The van der Waals surface area contributed by atoms with Crippen LogP contribution in [0.3, 0.4) is 0 Å². The lowest BCUT2D eigenvalue weighted by Crippen LogP contribution is -2.44. The van der Waals surface area contributed by atoms with E-state index >= 15 is 0 Å². The van der Waals surface area contributed by atoms with Crippen LogP contribution in [0.25, 0.3) is 0 Å². The van der Waals surface area contributed by atoms with E-state index in [4.69, 9.17) is 16.3 Å². The summed E-state index contributed by atoms with van der Waals surface area (Å²) in [6.07, 6.45) is 0.509. The zero-order valence-electron chi connectivity index (χ0n) is 15.5. The maximum Gasteiger partial charge on any atom is 0.255 e. The number of hydrogen-bond acceptors (Lipinski definition) is 3. The molecule has 5 heteroatoms. The molecule has 2 unspecified atom stereocenters. The van der Waals surface area contributed by atoms with Gasteiger partial charge in [-0.2, -0.15) is 0 Å². The Balaban J connectivity index is 1.63. The molecule has 138 valence electrons. The Bertz CT molecular complexity index is 766. The van der Waals surface area contributed by atoms with Crippen molar-refractivity contribution < 1.29 is 9.53 Å². The normalized spacial score (nSPS) is 20.8. The SMILES string of the molecule is Cc1ccc(Cl)cc1NC(=O)c1ccc(CN2CC(C)OC(C)C2)cc1. The molecular formula is C21H25ClN2O2. The predicted octanol–water partition coefficient (Wildman–Crippen LogP) is 4.51. The Morgan fingerprint density at radius 1 is 1.15 bits per heavy atom. The van der Waals surface area contributed by atoms with Gasteiger partial charge in [-0.1, -0.05) is 29.8 Å². The molecule has 1 heterocycles. The van der Waals surface area contributed by atoms with Crippen molar-refractivity contribution in [1.29, 1.82) is 0 Å². The number of carbonyl (C=O) groups excluding carboxylic acids is 1. The zero-order chi connectivity index (χ0) is 18.7. The Morgan fingerprint density at radius 3 is 2.46 bits per heavy atom. The second-order valence-electron chi connectivity index (χ2n) is 7.06. The molecule has 2 atom stereocenters.